The normalized spacial score (nSPS) is 11.3. The van der Waals surface area contributed by atoms with Crippen LogP contribution in [0.25, 0.3) is 89.0 Å². The Balaban J connectivity index is 0.000000151. The summed E-state index contributed by atoms with van der Waals surface area (Å²) < 4.78 is 19.1. The van der Waals surface area contributed by atoms with Crippen molar-refractivity contribution in [2.45, 2.75) is 0 Å². The van der Waals surface area contributed by atoms with Crippen LogP contribution in [0.4, 0.5) is 0 Å². The van der Waals surface area contributed by atoms with Gasteiger partial charge in [0.1, 0.15) is 11.2 Å². The molecular formula is C36H26N10O2Pt2. The number of nitrogens with zero attached hydrogens (tertiary/aromatic N) is 10. The van der Waals surface area contributed by atoms with E-state index >= 15 is 0 Å². The Kier molecular flexibility index (Phi) is 8.62. The summed E-state index contributed by atoms with van der Waals surface area (Å²) in [6.07, 6.45) is 20.5. The molecule has 8 aromatic heterocycles. The molecule has 0 fully saturated rings. The molecular weight excluding hydrogens is 995 g/mol. The van der Waals surface area contributed by atoms with Gasteiger partial charge in [0, 0.05) is 49.9 Å². The van der Waals surface area contributed by atoms with Crippen molar-refractivity contribution in [3.05, 3.63) is 99.0 Å². The SMILES string of the molecule is Cn1[c-]nc(-c2coc3c2[n-]c2c(-c4cn(C)cn4)cccc23)c1.Cn1[c-]nc(-c2coc3c2[n-]c2c(-c4cn(C)cn4)cccc23)c1.[Pt+2].[Pt+2]. The Morgan fingerprint density at radius 1 is 0.540 bits per heavy atom. The molecule has 0 saturated carbocycles. The topological polar surface area (TPSA) is 126 Å². The number of aromatic nitrogens is 10. The second-order valence-electron chi connectivity index (χ2n) is 11.8. The van der Waals surface area contributed by atoms with Gasteiger partial charge in [0.2, 0.25) is 0 Å². The van der Waals surface area contributed by atoms with E-state index in [2.05, 4.69) is 32.6 Å². The number of fused-ring (bicyclic) bond motifs is 6. The minimum atomic E-state index is 0. The van der Waals surface area contributed by atoms with Crippen LogP contribution in [-0.4, -0.2) is 38.2 Å². The van der Waals surface area contributed by atoms with Gasteiger partial charge in [0.15, 0.2) is 0 Å². The van der Waals surface area contributed by atoms with E-state index < -0.39 is 0 Å². The van der Waals surface area contributed by atoms with Crippen LogP contribution < -0.4 is 9.97 Å². The molecule has 14 heteroatoms. The third-order valence-electron chi connectivity index (χ3n) is 8.34. The van der Waals surface area contributed by atoms with E-state index in [4.69, 9.17) is 18.8 Å². The Hall–Kier alpha value is -5.18. The number of para-hydroxylation sites is 2. The van der Waals surface area contributed by atoms with E-state index in [1.54, 1.807) is 34.3 Å². The van der Waals surface area contributed by atoms with Crippen molar-refractivity contribution >= 4 is 44.0 Å². The zero-order chi connectivity index (χ0) is 32.5. The summed E-state index contributed by atoms with van der Waals surface area (Å²) >= 11 is 0. The molecule has 0 unspecified atom stereocenters. The molecule has 0 saturated heterocycles. The Labute approximate surface area is 313 Å². The van der Waals surface area contributed by atoms with Crippen molar-refractivity contribution in [3.63, 3.8) is 0 Å². The molecule has 50 heavy (non-hydrogen) atoms. The fourth-order valence-corrected chi connectivity index (χ4v) is 6.11. The molecule has 0 bridgehead atoms. The Bertz CT molecular complexity index is 2570. The van der Waals surface area contributed by atoms with Crippen molar-refractivity contribution < 1.29 is 51.0 Å². The first-order valence-corrected chi connectivity index (χ1v) is 15.1. The van der Waals surface area contributed by atoms with Crippen molar-refractivity contribution in [2.75, 3.05) is 0 Å². The first kappa shape index (κ1) is 33.3. The third kappa shape index (κ3) is 5.49. The van der Waals surface area contributed by atoms with E-state index in [1.165, 1.54) is 0 Å². The van der Waals surface area contributed by atoms with E-state index in [9.17, 15) is 0 Å². The molecule has 0 N–H and O–H groups in total. The van der Waals surface area contributed by atoms with Gasteiger partial charge in [-0.3, -0.25) is 0 Å². The molecule has 0 atom stereocenters. The van der Waals surface area contributed by atoms with Gasteiger partial charge in [-0.1, -0.05) is 58.8 Å². The summed E-state index contributed by atoms with van der Waals surface area (Å²) in [5.74, 6) is 0. The first-order chi connectivity index (χ1) is 23.4. The number of imidazole rings is 4. The number of benzene rings is 2. The summed E-state index contributed by atoms with van der Waals surface area (Å²) in [5, 5.41) is 1.97. The van der Waals surface area contributed by atoms with Crippen molar-refractivity contribution in [3.8, 4) is 45.0 Å². The third-order valence-corrected chi connectivity index (χ3v) is 8.34. The van der Waals surface area contributed by atoms with Crippen LogP contribution in [-0.2, 0) is 70.3 Å². The zero-order valence-corrected chi connectivity index (χ0v) is 31.5. The zero-order valence-electron chi connectivity index (χ0n) is 27.0. The molecule has 0 aliphatic heterocycles. The van der Waals surface area contributed by atoms with Crippen LogP contribution in [0.5, 0.6) is 0 Å². The van der Waals surface area contributed by atoms with E-state index in [-0.39, 0.29) is 42.1 Å². The van der Waals surface area contributed by atoms with Gasteiger partial charge in [-0.05, 0) is 36.3 Å². The number of furan rings is 2. The Morgan fingerprint density at radius 3 is 1.34 bits per heavy atom. The maximum atomic E-state index is 5.81. The molecule has 0 aliphatic carbocycles. The predicted molar refractivity (Wildman–Crippen MR) is 181 cm³/mol. The monoisotopic (exact) mass is 1020 g/mol. The van der Waals surface area contributed by atoms with Crippen LogP contribution in [0.3, 0.4) is 0 Å². The summed E-state index contributed by atoms with van der Waals surface area (Å²) in [7, 11) is 7.69. The molecule has 0 radical (unpaired) electrons. The number of hydrogen-bond acceptors (Lipinski definition) is 6. The van der Waals surface area contributed by atoms with Crippen LogP contribution in [0.2, 0.25) is 0 Å². The fourth-order valence-electron chi connectivity index (χ4n) is 6.11. The second-order valence-corrected chi connectivity index (χ2v) is 11.8. The standard InChI is InChI=1S/2C18H13N5O.2Pt/c2*1-22-6-14(19-9-22)11-4-3-5-12-16(11)21-17-13(8-24-18(12)17)15-7-23(2)10-20-15;;/h2*3-9H,1-2H3;;/q2*-2;2*+2. The van der Waals surface area contributed by atoms with Crippen LogP contribution >= 0.6 is 0 Å². The van der Waals surface area contributed by atoms with E-state index in [0.29, 0.717) is 0 Å². The van der Waals surface area contributed by atoms with Crippen LogP contribution in [0, 0.1) is 12.7 Å². The average Bonchev–Trinajstić information content (AvgIpc) is 3.91. The number of hydrogen-bond donors (Lipinski definition) is 0. The molecule has 252 valence electrons. The van der Waals surface area contributed by atoms with E-state index in [0.717, 1.165) is 89.0 Å². The van der Waals surface area contributed by atoms with E-state index in [1.807, 2.05) is 98.5 Å². The molecule has 0 spiro atoms. The quantitative estimate of drug-likeness (QED) is 0.189. The molecule has 0 aliphatic rings. The minimum Gasteiger partial charge on any atom is -0.654 e. The van der Waals surface area contributed by atoms with Gasteiger partial charge < -0.3 is 47.0 Å². The molecule has 0 amide bonds. The summed E-state index contributed by atoms with van der Waals surface area (Å²) in [6, 6.07) is 12.1. The van der Waals surface area contributed by atoms with Gasteiger partial charge in [-0.25, -0.2) is 9.97 Å². The maximum absolute atomic E-state index is 5.81. The first-order valence-electron chi connectivity index (χ1n) is 15.1. The molecule has 10 rings (SSSR count). The van der Waals surface area contributed by atoms with Gasteiger partial charge in [-0.2, -0.15) is 0 Å². The number of rotatable bonds is 4. The summed E-state index contributed by atoms with van der Waals surface area (Å²) in [4.78, 5) is 27.1. The molecule has 8 heterocycles. The largest absolute Gasteiger partial charge is 2.00 e. The summed E-state index contributed by atoms with van der Waals surface area (Å²) in [6.45, 7) is 0. The van der Waals surface area contributed by atoms with Crippen LogP contribution in [0.1, 0.15) is 0 Å². The fraction of sp³-hybridized carbons (Fsp3) is 0.111. The van der Waals surface area contributed by atoms with Crippen molar-refractivity contribution in [2.24, 2.45) is 28.2 Å². The molecule has 2 aromatic carbocycles. The minimum absolute atomic E-state index is 0. The van der Waals surface area contributed by atoms with Gasteiger partial charge in [-0.15, -0.1) is 23.4 Å². The van der Waals surface area contributed by atoms with Crippen molar-refractivity contribution in [1.82, 2.24) is 48.2 Å². The van der Waals surface area contributed by atoms with Gasteiger partial charge >= 0.3 is 42.1 Å². The Morgan fingerprint density at radius 2 is 0.980 bits per heavy atom. The predicted octanol–water partition coefficient (Wildman–Crippen LogP) is 6.28. The van der Waals surface area contributed by atoms with Crippen LogP contribution in [0.15, 0.2) is 95.2 Å². The molecule has 12 nitrogen and oxygen atoms in total. The van der Waals surface area contributed by atoms with Gasteiger partial charge in [0.25, 0.3) is 0 Å². The number of aryl methyl sites for hydroxylation is 4. The molecule has 10 aromatic rings. The summed E-state index contributed by atoms with van der Waals surface area (Å²) in [5.41, 5.74) is 12.2. The second kappa shape index (κ2) is 12.9. The smallest absolute Gasteiger partial charge is 0.654 e. The van der Waals surface area contributed by atoms with Crippen molar-refractivity contribution in [1.29, 1.82) is 0 Å². The maximum Gasteiger partial charge on any atom is 2.00 e. The van der Waals surface area contributed by atoms with Gasteiger partial charge in [0.05, 0.1) is 36.6 Å². The average molecular weight is 1020 g/mol.